The molecule has 0 heterocycles. The van der Waals surface area contributed by atoms with Crippen LogP contribution in [-0.4, -0.2) is 33.4 Å². The Labute approximate surface area is 174 Å². The number of Topliss-reactive ketones (excluding diaryl/α,β-unsaturated/α-hetero) is 1. The van der Waals surface area contributed by atoms with Crippen molar-refractivity contribution in [2.75, 3.05) is 13.2 Å². The molecule has 6 nitrogen and oxygen atoms in total. The number of esters is 1. The summed E-state index contributed by atoms with van der Waals surface area (Å²) in [5.41, 5.74) is 0.969. The summed E-state index contributed by atoms with van der Waals surface area (Å²) in [4.78, 5) is 25.2. The minimum atomic E-state index is -3.79. The largest absolute Gasteiger partial charge is 0.465 e. The number of benzene rings is 1. The third kappa shape index (κ3) is 7.23. The number of unbranched alkanes of at least 4 members (excludes halogenated alkanes) is 1. The third-order valence-electron chi connectivity index (χ3n) is 5.36. The molecule has 1 aliphatic rings. The second-order valence-corrected chi connectivity index (χ2v) is 9.24. The lowest BCUT2D eigenvalue weighted by molar-refractivity contribution is -0.153. The van der Waals surface area contributed by atoms with Crippen LogP contribution in [0.3, 0.4) is 0 Å². The molecule has 1 aliphatic carbocycles. The van der Waals surface area contributed by atoms with Gasteiger partial charge in [-0.3, -0.25) is 13.8 Å². The molecule has 162 valence electrons. The highest BCUT2D eigenvalue weighted by Crippen LogP contribution is 2.29. The first-order chi connectivity index (χ1) is 13.8. The molecule has 7 heteroatoms. The molecule has 1 saturated carbocycles. The number of rotatable bonds is 11. The highest BCUT2D eigenvalue weighted by Gasteiger charge is 2.33. The average molecular weight is 425 g/mol. The van der Waals surface area contributed by atoms with Gasteiger partial charge in [-0.25, -0.2) is 0 Å². The van der Waals surface area contributed by atoms with E-state index in [1.807, 2.05) is 6.92 Å². The topological polar surface area (TPSA) is 86.7 Å². The van der Waals surface area contributed by atoms with E-state index >= 15 is 0 Å². The molecule has 0 saturated heterocycles. The van der Waals surface area contributed by atoms with E-state index in [1.54, 1.807) is 19.1 Å². The van der Waals surface area contributed by atoms with Crippen molar-refractivity contribution in [1.82, 2.24) is 0 Å². The van der Waals surface area contributed by atoms with E-state index in [4.69, 9.17) is 8.92 Å². The molecule has 0 spiro atoms. The number of ether oxygens (including phenoxy) is 1. The molecule has 29 heavy (non-hydrogen) atoms. The molecule has 0 aromatic heterocycles. The fourth-order valence-corrected chi connectivity index (χ4v) is 4.63. The molecule has 0 bridgehead atoms. The Morgan fingerprint density at radius 2 is 1.72 bits per heavy atom. The SMILES string of the molecule is CCOC(=O)C(CCCCOS(=O)(=O)c1ccc(C)cc1)C(=O)C1CCCCC1. The number of carbonyl (C=O) groups is 2. The zero-order chi connectivity index (χ0) is 21.3. The van der Waals surface area contributed by atoms with Gasteiger partial charge in [0.25, 0.3) is 10.1 Å². The van der Waals surface area contributed by atoms with Gasteiger partial charge in [0.2, 0.25) is 0 Å². The fraction of sp³-hybridized carbons (Fsp3) is 0.636. The summed E-state index contributed by atoms with van der Waals surface area (Å²) >= 11 is 0. The quantitative estimate of drug-likeness (QED) is 0.229. The summed E-state index contributed by atoms with van der Waals surface area (Å²) in [6, 6.07) is 6.47. The molecule has 1 fully saturated rings. The van der Waals surface area contributed by atoms with Crippen LogP contribution in [0.1, 0.15) is 63.9 Å². The van der Waals surface area contributed by atoms with Crippen LogP contribution in [0.15, 0.2) is 29.2 Å². The molecular formula is C22H32O6S. The van der Waals surface area contributed by atoms with Crippen LogP contribution in [0.25, 0.3) is 0 Å². The second-order valence-electron chi connectivity index (χ2n) is 7.63. The predicted molar refractivity (Wildman–Crippen MR) is 110 cm³/mol. The van der Waals surface area contributed by atoms with Gasteiger partial charge in [-0.2, -0.15) is 8.42 Å². The molecule has 2 rings (SSSR count). The van der Waals surface area contributed by atoms with Crippen molar-refractivity contribution in [2.24, 2.45) is 11.8 Å². The Balaban J connectivity index is 1.84. The minimum Gasteiger partial charge on any atom is -0.465 e. The normalized spacial score (nSPS) is 16.3. The van der Waals surface area contributed by atoms with Crippen molar-refractivity contribution in [2.45, 2.75) is 70.1 Å². The number of hydrogen-bond acceptors (Lipinski definition) is 6. The summed E-state index contributed by atoms with van der Waals surface area (Å²) < 4.78 is 34.6. The molecule has 1 unspecified atom stereocenters. The molecular weight excluding hydrogens is 392 g/mol. The van der Waals surface area contributed by atoms with Gasteiger partial charge in [-0.15, -0.1) is 0 Å². The van der Waals surface area contributed by atoms with Crippen LogP contribution in [0.5, 0.6) is 0 Å². The van der Waals surface area contributed by atoms with E-state index in [9.17, 15) is 18.0 Å². The highest BCUT2D eigenvalue weighted by molar-refractivity contribution is 7.86. The van der Waals surface area contributed by atoms with E-state index < -0.39 is 22.0 Å². The maximum absolute atomic E-state index is 12.8. The number of carbonyl (C=O) groups excluding carboxylic acids is 2. The smallest absolute Gasteiger partial charge is 0.316 e. The first kappa shape index (κ1) is 23.5. The van der Waals surface area contributed by atoms with Gasteiger partial charge in [-0.1, -0.05) is 37.0 Å². The van der Waals surface area contributed by atoms with Crippen molar-refractivity contribution in [3.05, 3.63) is 29.8 Å². The molecule has 1 aromatic rings. The van der Waals surface area contributed by atoms with E-state index in [0.717, 1.165) is 37.7 Å². The Bertz CT molecular complexity index is 763. The van der Waals surface area contributed by atoms with Crippen molar-refractivity contribution >= 4 is 21.9 Å². The van der Waals surface area contributed by atoms with Crippen molar-refractivity contribution in [3.8, 4) is 0 Å². The summed E-state index contributed by atoms with van der Waals surface area (Å²) in [7, 11) is -3.79. The first-order valence-electron chi connectivity index (χ1n) is 10.5. The zero-order valence-corrected chi connectivity index (χ0v) is 18.2. The standard InChI is InChI=1S/C22H32O6S/c1-3-27-22(24)20(21(23)18-9-5-4-6-10-18)11-7-8-16-28-29(25,26)19-14-12-17(2)13-15-19/h12-15,18,20H,3-11,16H2,1-2H3. The molecule has 0 radical (unpaired) electrons. The minimum absolute atomic E-state index is 0.0172. The van der Waals surface area contributed by atoms with Gasteiger partial charge in [0.1, 0.15) is 11.7 Å². The lowest BCUT2D eigenvalue weighted by Gasteiger charge is -2.24. The van der Waals surface area contributed by atoms with E-state index in [2.05, 4.69) is 0 Å². The van der Waals surface area contributed by atoms with Crippen molar-refractivity contribution < 1.29 is 26.9 Å². The van der Waals surface area contributed by atoms with Crippen LogP contribution < -0.4 is 0 Å². The second kappa shape index (κ2) is 11.5. The van der Waals surface area contributed by atoms with Crippen LogP contribution >= 0.6 is 0 Å². The Hall–Kier alpha value is -1.73. The van der Waals surface area contributed by atoms with Crippen molar-refractivity contribution in [3.63, 3.8) is 0 Å². The molecule has 0 N–H and O–H groups in total. The Morgan fingerprint density at radius 1 is 1.07 bits per heavy atom. The highest BCUT2D eigenvalue weighted by atomic mass is 32.2. The lowest BCUT2D eigenvalue weighted by Crippen LogP contribution is -2.32. The summed E-state index contributed by atoms with van der Waals surface area (Å²) in [6.07, 6.45) is 6.19. The van der Waals surface area contributed by atoms with Gasteiger partial charge >= 0.3 is 5.97 Å². The van der Waals surface area contributed by atoms with E-state index in [1.165, 1.54) is 12.1 Å². The third-order valence-corrected chi connectivity index (χ3v) is 6.68. The number of hydrogen-bond donors (Lipinski definition) is 0. The van der Waals surface area contributed by atoms with Crippen molar-refractivity contribution in [1.29, 1.82) is 0 Å². The lowest BCUT2D eigenvalue weighted by atomic mass is 9.80. The molecule has 1 aromatic carbocycles. The number of aryl methyl sites for hydroxylation is 1. The molecule has 0 amide bonds. The van der Waals surface area contributed by atoms with Gasteiger partial charge in [0.15, 0.2) is 0 Å². The zero-order valence-electron chi connectivity index (χ0n) is 17.4. The van der Waals surface area contributed by atoms with Crippen LogP contribution in [0, 0.1) is 18.8 Å². The maximum atomic E-state index is 12.8. The Kier molecular flexibility index (Phi) is 9.30. The van der Waals surface area contributed by atoms with Crippen LogP contribution in [-0.2, 0) is 28.6 Å². The van der Waals surface area contributed by atoms with E-state index in [-0.39, 0.29) is 29.8 Å². The predicted octanol–water partition coefficient (Wildman–Crippen LogP) is 4.20. The molecule has 0 aliphatic heterocycles. The fourth-order valence-electron chi connectivity index (χ4n) is 3.68. The first-order valence-corrected chi connectivity index (χ1v) is 11.9. The molecule has 1 atom stereocenters. The van der Waals surface area contributed by atoms with Gasteiger partial charge < -0.3 is 4.74 Å². The van der Waals surface area contributed by atoms with Gasteiger partial charge in [0.05, 0.1) is 18.1 Å². The van der Waals surface area contributed by atoms with Crippen LogP contribution in [0.2, 0.25) is 0 Å². The van der Waals surface area contributed by atoms with E-state index in [0.29, 0.717) is 19.3 Å². The van der Waals surface area contributed by atoms with Gasteiger partial charge in [0, 0.05) is 5.92 Å². The Morgan fingerprint density at radius 3 is 2.34 bits per heavy atom. The number of ketones is 1. The monoisotopic (exact) mass is 424 g/mol. The summed E-state index contributed by atoms with van der Waals surface area (Å²) in [5.74, 6) is -1.30. The maximum Gasteiger partial charge on any atom is 0.316 e. The average Bonchev–Trinajstić information content (AvgIpc) is 2.71. The van der Waals surface area contributed by atoms with Crippen LogP contribution in [0.4, 0.5) is 0 Å². The summed E-state index contributed by atoms with van der Waals surface area (Å²) in [6.45, 7) is 3.87. The summed E-state index contributed by atoms with van der Waals surface area (Å²) in [5, 5.41) is 0. The van der Waals surface area contributed by atoms with Gasteiger partial charge in [-0.05, 0) is 58.1 Å².